The second-order valence-electron chi connectivity index (χ2n) is 8.99. The third-order valence-electron chi connectivity index (χ3n) is 6.62. The third-order valence-corrected chi connectivity index (χ3v) is 7.11. The van der Waals surface area contributed by atoms with Crippen LogP contribution in [0.1, 0.15) is 52.0 Å². The van der Waals surface area contributed by atoms with Gasteiger partial charge in [-0.3, -0.25) is 14.4 Å². The highest BCUT2D eigenvalue weighted by Gasteiger charge is 2.37. The first-order valence-electron chi connectivity index (χ1n) is 11.6. The quantitative estimate of drug-likeness (QED) is 0.658. The molecular weight excluding hydrogens is 482 g/mol. The normalized spacial score (nSPS) is 17.6. The number of nitrogens with zero attached hydrogens (tertiary/aromatic N) is 2. The highest BCUT2D eigenvalue weighted by atomic mass is 79.9. The van der Waals surface area contributed by atoms with E-state index in [4.69, 9.17) is 0 Å². The van der Waals surface area contributed by atoms with Crippen molar-refractivity contribution in [3.8, 4) is 0 Å². The van der Waals surface area contributed by atoms with Gasteiger partial charge in [0, 0.05) is 41.8 Å². The number of nitrogens with one attached hydrogen (secondary N) is 1. The fourth-order valence-electron chi connectivity index (χ4n) is 4.77. The van der Waals surface area contributed by atoms with Gasteiger partial charge in [-0.05, 0) is 68.9 Å². The van der Waals surface area contributed by atoms with Crippen LogP contribution < -0.4 is 5.32 Å². The van der Waals surface area contributed by atoms with Gasteiger partial charge in [-0.1, -0.05) is 39.7 Å². The Bertz CT molecular complexity index is 1030. The number of benzene rings is 2. The van der Waals surface area contributed by atoms with Crippen LogP contribution in [0.25, 0.3) is 0 Å². The van der Waals surface area contributed by atoms with Gasteiger partial charge >= 0.3 is 0 Å². The van der Waals surface area contributed by atoms with Gasteiger partial charge in [-0.25, -0.2) is 0 Å². The van der Waals surface area contributed by atoms with E-state index in [1.54, 1.807) is 6.07 Å². The van der Waals surface area contributed by atoms with E-state index < -0.39 is 6.04 Å². The molecule has 33 heavy (non-hydrogen) atoms. The van der Waals surface area contributed by atoms with Crippen LogP contribution in [0.5, 0.6) is 0 Å². The predicted molar refractivity (Wildman–Crippen MR) is 131 cm³/mol. The minimum Gasteiger partial charge on any atom is -0.341 e. The summed E-state index contributed by atoms with van der Waals surface area (Å²) in [5.74, 6) is -0.214. The number of carbonyl (C=O) groups is 3. The summed E-state index contributed by atoms with van der Waals surface area (Å²) in [6.45, 7) is 4.58. The Kier molecular flexibility index (Phi) is 7.48. The van der Waals surface area contributed by atoms with Crippen LogP contribution in [0.2, 0.25) is 0 Å². The SMILES string of the molecule is Cc1cccc(C(=O)NC(C(=O)N2CCCC2)C2CCN(C(=O)c3cccc(Br)c3)CC2)c1. The average Bonchev–Trinajstić information content (AvgIpc) is 3.37. The molecule has 2 heterocycles. The summed E-state index contributed by atoms with van der Waals surface area (Å²) in [6, 6.07) is 14.3. The second-order valence-corrected chi connectivity index (χ2v) is 9.91. The lowest BCUT2D eigenvalue weighted by Crippen LogP contribution is -2.54. The molecule has 0 bridgehead atoms. The summed E-state index contributed by atoms with van der Waals surface area (Å²) >= 11 is 3.42. The Morgan fingerprint density at radius 1 is 0.909 bits per heavy atom. The van der Waals surface area contributed by atoms with E-state index in [1.807, 2.05) is 59.2 Å². The zero-order chi connectivity index (χ0) is 23.4. The van der Waals surface area contributed by atoms with Crippen molar-refractivity contribution in [3.63, 3.8) is 0 Å². The van der Waals surface area contributed by atoms with Crippen molar-refractivity contribution in [1.82, 2.24) is 15.1 Å². The molecule has 0 radical (unpaired) electrons. The summed E-state index contributed by atoms with van der Waals surface area (Å²) in [5, 5.41) is 3.05. The van der Waals surface area contributed by atoms with E-state index in [9.17, 15) is 14.4 Å². The van der Waals surface area contributed by atoms with Crippen LogP contribution in [0.4, 0.5) is 0 Å². The molecule has 2 aliphatic rings. The maximum absolute atomic E-state index is 13.4. The Labute approximate surface area is 203 Å². The van der Waals surface area contributed by atoms with E-state index in [2.05, 4.69) is 21.2 Å². The molecular formula is C26H30BrN3O3. The molecule has 0 saturated carbocycles. The molecule has 2 saturated heterocycles. The molecule has 2 aromatic carbocycles. The van der Waals surface area contributed by atoms with Crippen molar-refractivity contribution in [2.45, 2.75) is 38.6 Å². The molecule has 0 aliphatic carbocycles. The number of rotatable bonds is 5. The third kappa shape index (κ3) is 5.64. The van der Waals surface area contributed by atoms with E-state index in [-0.39, 0.29) is 23.6 Å². The molecule has 2 aromatic rings. The standard InChI is InChI=1S/C26H30BrN3O3/c1-18-6-4-7-20(16-18)24(31)28-23(26(33)29-12-2-3-13-29)19-10-14-30(15-11-19)25(32)21-8-5-9-22(27)17-21/h4-9,16-17,19,23H,2-3,10-15H2,1H3,(H,28,31). The van der Waals surface area contributed by atoms with Crippen molar-refractivity contribution in [2.75, 3.05) is 26.2 Å². The molecule has 174 valence electrons. The number of piperidine rings is 1. The molecule has 0 aromatic heterocycles. The summed E-state index contributed by atoms with van der Waals surface area (Å²) in [4.78, 5) is 43.0. The summed E-state index contributed by atoms with van der Waals surface area (Å²) in [7, 11) is 0. The maximum Gasteiger partial charge on any atom is 0.253 e. The lowest BCUT2D eigenvalue weighted by molar-refractivity contribution is -0.134. The number of likely N-dealkylation sites (tertiary alicyclic amines) is 2. The first kappa shape index (κ1) is 23.5. The molecule has 7 heteroatoms. The van der Waals surface area contributed by atoms with Crippen molar-refractivity contribution in [3.05, 3.63) is 69.7 Å². The molecule has 2 fully saturated rings. The van der Waals surface area contributed by atoms with Crippen molar-refractivity contribution >= 4 is 33.7 Å². The van der Waals surface area contributed by atoms with E-state index in [0.29, 0.717) is 37.1 Å². The first-order valence-corrected chi connectivity index (χ1v) is 12.4. The molecule has 1 N–H and O–H groups in total. The molecule has 1 unspecified atom stereocenters. The summed E-state index contributed by atoms with van der Waals surface area (Å²) < 4.78 is 0.873. The predicted octanol–water partition coefficient (Wildman–Crippen LogP) is 4.03. The highest BCUT2D eigenvalue weighted by molar-refractivity contribution is 9.10. The Morgan fingerprint density at radius 2 is 1.58 bits per heavy atom. The minimum atomic E-state index is -0.570. The van der Waals surface area contributed by atoms with Crippen molar-refractivity contribution in [2.24, 2.45) is 5.92 Å². The first-order chi connectivity index (χ1) is 15.9. The number of amides is 3. The number of halogens is 1. The molecule has 3 amide bonds. The fraction of sp³-hybridized carbons (Fsp3) is 0.423. The van der Waals surface area contributed by atoms with Gasteiger partial charge in [0.15, 0.2) is 0 Å². The molecule has 0 spiro atoms. The van der Waals surface area contributed by atoms with Gasteiger partial charge in [-0.15, -0.1) is 0 Å². The molecule has 6 nitrogen and oxygen atoms in total. The van der Waals surface area contributed by atoms with Crippen LogP contribution >= 0.6 is 15.9 Å². The monoisotopic (exact) mass is 511 g/mol. The minimum absolute atomic E-state index is 0.000894. The number of hydrogen-bond acceptors (Lipinski definition) is 3. The van der Waals surface area contributed by atoms with Gasteiger partial charge in [0.2, 0.25) is 5.91 Å². The van der Waals surface area contributed by atoms with Crippen molar-refractivity contribution < 1.29 is 14.4 Å². The van der Waals surface area contributed by atoms with E-state index in [0.717, 1.165) is 36.0 Å². The van der Waals surface area contributed by atoms with Gasteiger partial charge in [0.1, 0.15) is 6.04 Å². The van der Waals surface area contributed by atoms with E-state index >= 15 is 0 Å². The summed E-state index contributed by atoms with van der Waals surface area (Å²) in [6.07, 6.45) is 3.36. The van der Waals surface area contributed by atoms with E-state index in [1.165, 1.54) is 0 Å². The summed E-state index contributed by atoms with van der Waals surface area (Å²) in [5.41, 5.74) is 2.22. The Morgan fingerprint density at radius 3 is 2.24 bits per heavy atom. The Balaban J connectivity index is 1.46. The number of aryl methyl sites for hydroxylation is 1. The van der Waals surface area contributed by atoms with Crippen LogP contribution in [-0.2, 0) is 4.79 Å². The van der Waals surface area contributed by atoms with Gasteiger partial charge in [0.25, 0.3) is 11.8 Å². The van der Waals surface area contributed by atoms with Gasteiger partial charge in [-0.2, -0.15) is 0 Å². The lowest BCUT2D eigenvalue weighted by Gasteiger charge is -2.37. The lowest BCUT2D eigenvalue weighted by atomic mass is 9.88. The van der Waals surface area contributed by atoms with Gasteiger partial charge in [0.05, 0.1) is 0 Å². The second kappa shape index (κ2) is 10.5. The maximum atomic E-state index is 13.4. The van der Waals surface area contributed by atoms with Crippen LogP contribution in [0.3, 0.4) is 0 Å². The van der Waals surface area contributed by atoms with Gasteiger partial charge < -0.3 is 15.1 Å². The zero-order valence-electron chi connectivity index (χ0n) is 18.9. The number of carbonyl (C=O) groups excluding carboxylic acids is 3. The smallest absolute Gasteiger partial charge is 0.253 e. The Hall–Kier alpha value is -2.67. The molecule has 4 rings (SSSR count). The average molecular weight is 512 g/mol. The van der Waals surface area contributed by atoms with Crippen LogP contribution in [0.15, 0.2) is 53.0 Å². The largest absolute Gasteiger partial charge is 0.341 e. The molecule has 2 aliphatic heterocycles. The van der Waals surface area contributed by atoms with Crippen LogP contribution in [-0.4, -0.2) is 59.7 Å². The van der Waals surface area contributed by atoms with Crippen molar-refractivity contribution in [1.29, 1.82) is 0 Å². The van der Waals surface area contributed by atoms with Crippen LogP contribution in [0, 0.1) is 12.8 Å². The molecule has 1 atom stereocenters. The fourth-order valence-corrected chi connectivity index (χ4v) is 5.17. The zero-order valence-corrected chi connectivity index (χ0v) is 20.5. The number of hydrogen-bond donors (Lipinski definition) is 1. The highest BCUT2D eigenvalue weighted by Crippen LogP contribution is 2.25. The topological polar surface area (TPSA) is 69.7 Å².